The molecule has 0 aliphatic heterocycles. The summed E-state index contributed by atoms with van der Waals surface area (Å²) < 4.78 is 1.43. The van der Waals surface area contributed by atoms with Gasteiger partial charge < -0.3 is 11.1 Å². The third kappa shape index (κ3) is 2.42. The van der Waals surface area contributed by atoms with E-state index in [9.17, 15) is 9.59 Å². The summed E-state index contributed by atoms with van der Waals surface area (Å²) in [6, 6.07) is 0.297. The van der Waals surface area contributed by atoms with Gasteiger partial charge in [-0.1, -0.05) is 20.3 Å². The zero-order valence-electron chi connectivity index (χ0n) is 10.8. The predicted octanol–water partition coefficient (Wildman–Crippen LogP) is 0.739. The first-order valence-corrected chi connectivity index (χ1v) is 6.43. The molecule has 18 heavy (non-hydrogen) atoms. The van der Waals surface area contributed by atoms with Crippen LogP contribution in [0.25, 0.3) is 0 Å². The van der Waals surface area contributed by atoms with E-state index in [2.05, 4.69) is 17.2 Å². The van der Waals surface area contributed by atoms with Gasteiger partial charge in [-0.25, -0.2) is 4.79 Å². The van der Waals surface area contributed by atoms with Gasteiger partial charge in [0, 0.05) is 12.6 Å². The van der Waals surface area contributed by atoms with Crippen LogP contribution in [-0.2, 0) is 6.54 Å². The first-order chi connectivity index (χ1) is 8.54. The lowest BCUT2D eigenvalue weighted by Gasteiger charge is -2.13. The number of H-pyrrole nitrogens is 1. The molecule has 1 aliphatic rings. The van der Waals surface area contributed by atoms with E-state index in [1.165, 1.54) is 4.57 Å². The van der Waals surface area contributed by atoms with Crippen molar-refractivity contribution in [3.8, 4) is 0 Å². The lowest BCUT2D eigenvalue weighted by atomic mass is 10.3. The van der Waals surface area contributed by atoms with Crippen LogP contribution in [0.3, 0.4) is 0 Å². The summed E-state index contributed by atoms with van der Waals surface area (Å²) in [5.74, 6) is 0.802. The summed E-state index contributed by atoms with van der Waals surface area (Å²) in [6.45, 7) is 4.68. The van der Waals surface area contributed by atoms with Crippen LogP contribution in [0.15, 0.2) is 9.59 Å². The highest BCUT2D eigenvalue weighted by Gasteiger charge is 2.33. The Kier molecular flexibility index (Phi) is 3.45. The summed E-state index contributed by atoms with van der Waals surface area (Å²) in [4.78, 5) is 25.7. The van der Waals surface area contributed by atoms with Crippen molar-refractivity contribution in [2.24, 2.45) is 5.92 Å². The molecule has 2 atom stereocenters. The molecule has 1 aromatic rings. The SMILES string of the molecule is CCCCn1c(N)c(NC2CC2C)c(=O)[nH]c1=O. The Labute approximate surface area is 105 Å². The Morgan fingerprint density at radius 3 is 2.72 bits per heavy atom. The molecule has 0 amide bonds. The molecular formula is C12H20N4O2. The fourth-order valence-corrected chi connectivity index (χ4v) is 1.97. The first-order valence-electron chi connectivity index (χ1n) is 6.43. The number of nitrogen functional groups attached to an aromatic ring is 1. The number of nitrogens with one attached hydrogen (secondary N) is 2. The van der Waals surface area contributed by atoms with Crippen LogP contribution < -0.4 is 22.3 Å². The Morgan fingerprint density at radius 2 is 2.17 bits per heavy atom. The molecule has 1 heterocycles. The number of unbranched alkanes of at least 4 members (excludes halogenated alkanes) is 1. The molecule has 0 spiro atoms. The first kappa shape index (κ1) is 12.7. The van der Waals surface area contributed by atoms with Crippen LogP contribution in [0, 0.1) is 5.92 Å². The number of anilines is 2. The van der Waals surface area contributed by atoms with E-state index in [1.807, 2.05) is 6.92 Å². The molecule has 0 bridgehead atoms. The van der Waals surface area contributed by atoms with Crippen molar-refractivity contribution in [1.82, 2.24) is 9.55 Å². The zero-order chi connectivity index (χ0) is 13.3. The molecule has 0 radical (unpaired) electrons. The second kappa shape index (κ2) is 4.88. The summed E-state index contributed by atoms with van der Waals surface area (Å²) in [5.41, 5.74) is 5.40. The van der Waals surface area contributed by atoms with Crippen LogP contribution >= 0.6 is 0 Å². The number of nitrogens with zero attached hydrogens (tertiary/aromatic N) is 1. The Morgan fingerprint density at radius 1 is 1.50 bits per heavy atom. The highest BCUT2D eigenvalue weighted by Crippen LogP contribution is 2.32. The molecule has 1 aliphatic carbocycles. The molecule has 0 saturated heterocycles. The molecule has 0 aromatic carbocycles. The fourth-order valence-electron chi connectivity index (χ4n) is 1.97. The maximum atomic E-state index is 11.7. The number of aromatic amines is 1. The van der Waals surface area contributed by atoms with E-state index in [0.717, 1.165) is 19.3 Å². The van der Waals surface area contributed by atoms with Crippen LogP contribution in [0.5, 0.6) is 0 Å². The molecule has 2 unspecified atom stereocenters. The lowest BCUT2D eigenvalue weighted by molar-refractivity contribution is 0.605. The van der Waals surface area contributed by atoms with Crippen LogP contribution in [0.4, 0.5) is 11.5 Å². The Hall–Kier alpha value is -1.72. The lowest BCUT2D eigenvalue weighted by Crippen LogP contribution is -2.34. The van der Waals surface area contributed by atoms with E-state index in [0.29, 0.717) is 24.2 Å². The largest absolute Gasteiger partial charge is 0.383 e. The molecular weight excluding hydrogens is 232 g/mol. The number of nitrogens with two attached hydrogens (primary N) is 1. The zero-order valence-corrected chi connectivity index (χ0v) is 10.8. The van der Waals surface area contributed by atoms with Gasteiger partial charge in [-0.2, -0.15) is 0 Å². The average Bonchev–Trinajstić information content (AvgIpc) is 3.00. The average molecular weight is 252 g/mol. The minimum atomic E-state index is -0.430. The molecule has 1 saturated carbocycles. The van der Waals surface area contributed by atoms with Crippen molar-refractivity contribution < 1.29 is 0 Å². The predicted molar refractivity (Wildman–Crippen MR) is 71.8 cm³/mol. The molecule has 1 fully saturated rings. The molecule has 4 N–H and O–H groups in total. The van der Waals surface area contributed by atoms with Gasteiger partial charge in [-0.15, -0.1) is 0 Å². The van der Waals surface area contributed by atoms with Gasteiger partial charge in [0.05, 0.1) is 0 Å². The van der Waals surface area contributed by atoms with Crippen molar-refractivity contribution in [2.75, 3.05) is 11.1 Å². The summed E-state index contributed by atoms with van der Waals surface area (Å²) >= 11 is 0. The monoisotopic (exact) mass is 252 g/mol. The highest BCUT2D eigenvalue weighted by atomic mass is 16.2. The van der Waals surface area contributed by atoms with E-state index < -0.39 is 11.2 Å². The van der Waals surface area contributed by atoms with Crippen molar-refractivity contribution in [3.05, 3.63) is 20.8 Å². The summed E-state index contributed by atoms with van der Waals surface area (Å²) in [5, 5.41) is 3.12. The third-order valence-corrected chi connectivity index (χ3v) is 3.41. The number of hydrogen-bond acceptors (Lipinski definition) is 4. The van der Waals surface area contributed by atoms with Crippen molar-refractivity contribution in [2.45, 2.75) is 45.7 Å². The van der Waals surface area contributed by atoms with Crippen LogP contribution in [0.2, 0.25) is 0 Å². The Balaban J connectivity index is 2.33. The molecule has 1 aromatic heterocycles. The van der Waals surface area contributed by atoms with E-state index in [1.54, 1.807) is 0 Å². The van der Waals surface area contributed by atoms with E-state index in [-0.39, 0.29) is 5.82 Å². The van der Waals surface area contributed by atoms with Gasteiger partial charge in [0.2, 0.25) is 0 Å². The van der Waals surface area contributed by atoms with Gasteiger partial charge in [0.15, 0.2) is 0 Å². The second-order valence-electron chi connectivity index (χ2n) is 4.99. The molecule has 100 valence electrons. The quantitative estimate of drug-likeness (QED) is 0.720. The standard InChI is InChI=1S/C12H20N4O2/c1-3-4-5-16-10(13)9(11(17)15-12(16)18)14-8-6-7(8)2/h7-8,14H,3-6,13H2,1-2H3,(H,15,17,18). The number of rotatable bonds is 5. The minimum absolute atomic E-state index is 0.247. The van der Waals surface area contributed by atoms with Gasteiger partial charge >= 0.3 is 5.69 Å². The van der Waals surface area contributed by atoms with Crippen molar-refractivity contribution in [1.29, 1.82) is 0 Å². The van der Waals surface area contributed by atoms with Gasteiger partial charge in [-0.3, -0.25) is 14.3 Å². The fraction of sp³-hybridized carbons (Fsp3) is 0.667. The van der Waals surface area contributed by atoms with E-state index >= 15 is 0 Å². The second-order valence-corrected chi connectivity index (χ2v) is 4.99. The maximum absolute atomic E-state index is 11.7. The van der Waals surface area contributed by atoms with Gasteiger partial charge in [-0.05, 0) is 18.8 Å². The third-order valence-electron chi connectivity index (χ3n) is 3.41. The molecule has 6 nitrogen and oxygen atoms in total. The van der Waals surface area contributed by atoms with Crippen molar-refractivity contribution in [3.63, 3.8) is 0 Å². The van der Waals surface area contributed by atoms with Gasteiger partial charge in [0.25, 0.3) is 5.56 Å². The Bertz CT molecular complexity index is 546. The molecule has 6 heteroatoms. The van der Waals surface area contributed by atoms with E-state index in [4.69, 9.17) is 5.73 Å². The van der Waals surface area contributed by atoms with Gasteiger partial charge in [0.1, 0.15) is 11.5 Å². The summed E-state index contributed by atoms with van der Waals surface area (Å²) in [7, 11) is 0. The highest BCUT2D eigenvalue weighted by molar-refractivity contribution is 5.61. The van der Waals surface area contributed by atoms with Crippen LogP contribution in [-0.4, -0.2) is 15.6 Å². The summed E-state index contributed by atoms with van der Waals surface area (Å²) in [6.07, 6.45) is 2.86. The minimum Gasteiger partial charge on any atom is -0.383 e. The number of aromatic nitrogens is 2. The molecule has 2 rings (SSSR count). The normalized spacial score (nSPS) is 21.9. The van der Waals surface area contributed by atoms with Crippen LogP contribution in [0.1, 0.15) is 33.1 Å². The maximum Gasteiger partial charge on any atom is 0.330 e. The van der Waals surface area contributed by atoms with Crippen molar-refractivity contribution >= 4 is 11.5 Å². The topological polar surface area (TPSA) is 92.9 Å². The smallest absolute Gasteiger partial charge is 0.330 e. The number of hydrogen-bond donors (Lipinski definition) is 3.